The van der Waals surface area contributed by atoms with Gasteiger partial charge >= 0.3 is 5.97 Å². The molecule has 5 nitrogen and oxygen atoms in total. The lowest BCUT2D eigenvalue weighted by Gasteiger charge is -2.07. The largest absolute Gasteiger partial charge is 0.465 e. The van der Waals surface area contributed by atoms with Crippen LogP contribution in [0.25, 0.3) is 0 Å². The van der Waals surface area contributed by atoms with E-state index in [1.54, 1.807) is 18.2 Å². The summed E-state index contributed by atoms with van der Waals surface area (Å²) in [6.45, 7) is 3.72. The smallest absolute Gasteiger partial charge is 0.339 e. The van der Waals surface area contributed by atoms with Gasteiger partial charge in [0, 0.05) is 4.90 Å². The van der Waals surface area contributed by atoms with E-state index in [1.165, 1.54) is 18.9 Å². The molecule has 0 bridgehead atoms. The normalized spacial score (nSPS) is 10.5. The molecule has 0 amide bonds. The Bertz CT molecular complexity index is 603. The summed E-state index contributed by atoms with van der Waals surface area (Å²) in [5, 5.41) is 0.503. The zero-order chi connectivity index (χ0) is 14.0. The van der Waals surface area contributed by atoms with E-state index in [4.69, 9.17) is 10.2 Å². The van der Waals surface area contributed by atoms with Crippen LogP contribution in [-0.2, 0) is 4.74 Å². The third kappa shape index (κ3) is 2.73. The molecule has 0 atom stereocenters. The van der Waals surface area contributed by atoms with Crippen LogP contribution in [0.4, 0.5) is 5.69 Å². The van der Waals surface area contributed by atoms with Crippen molar-refractivity contribution in [3.63, 3.8) is 0 Å². The Balaban J connectivity index is 2.33. The number of benzene rings is 1. The average molecular weight is 278 g/mol. The minimum Gasteiger partial charge on any atom is -0.465 e. The van der Waals surface area contributed by atoms with Gasteiger partial charge in [-0.1, -0.05) is 6.07 Å². The number of nitrogens with zero attached hydrogens (tertiary/aromatic N) is 1. The molecule has 1 aromatic heterocycles. The molecule has 0 saturated carbocycles. The van der Waals surface area contributed by atoms with Crippen LogP contribution in [0.15, 0.2) is 32.7 Å². The van der Waals surface area contributed by atoms with Gasteiger partial charge in [0.05, 0.1) is 24.1 Å². The number of oxazole rings is 1. The van der Waals surface area contributed by atoms with Crippen LogP contribution >= 0.6 is 11.8 Å². The lowest BCUT2D eigenvalue weighted by Crippen LogP contribution is -2.06. The molecule has 2 rings (SSSR count). The number of hydrogen-bond acceptors (Lipinski definition) is 6. The first-order valence-electron chi connectivity index (χ1n) is 5.61. The lowest BCUT2D eigenvalue weighted by atomic mass is 10.2. The van der Waals surface area contributed by atoms with Gasteiger partial charge in [0.15, 0.2) is 0 Å². The van der Waals surface area contributed by atoms with Gasteiger partial charge in [0.2, 0.25) is 0 Å². The number of aromatic nitrogens is 1. The van der Waals surface area contributed by atoms with Crippen LogP contribution in [-0.4, -0.2) is 18.1 Å². The molecular formula is C13H14N2O3S. The molecule has 6 heteroatoms. The van der Waals surface area contributed by atoms with Crippen molar-refractivity contribution in [2.24, 2.45) is 0 Å². The fourth-order valence-electron chi connectivity index (χ4n) is 1.50. The molecule has 0 unspecified atom stereocenters. The summed E-state index contributed by atoms with van der Waals surface area (Å²) < 4.78 is 10.2. The maximum absolute atomic E-state index is 11.5. The molecule has 19 heavy (non-hydrogen) atoms. The van der Waals surface area contributed by atoms with E-state index >= 15 is 0 Å². The molecule has 2 N–H and O–H groups in total. The number of methoxy groups -OCH3 is 1. The van der Waals surface area contributed by atoms with Crippen molar-refractivity contribution in [1.29, 1.82) is 0 Å². The number of esters is 1. The zero-order valence-corrected chi connectivity index (χ0v) is 11.7. The summed E-state index contributed by atoms with van der Waals surface area (Å²) in [6, 6.07) is 5.17. The molecule has 2 aromatic rings. The highest BCUT2D eigenvalue weighted by molar-refractivity contribution is 7.99. The number of ether oxygens (including phenoxy) is 1. The van der Waals surface area contributed by atoms with Crippen molar-refractivity contribution in [1.82, 2.24) is 4.98 Å². The van der Waals surface area contributed by atoms with Gasteiger partial charge in [-0.15, -0.1) is 0 Å². The molecule has 0 aliphatic carbocycles. The fraction of sp³-hybridized carbons (Fsp3) is 0.231. The Labute approximate surface area is 115 Å². The van der Waals surface area contributed by atoms with E-state index in [9.17, 15) is 4.79 Å². The SMILES string of the molecule is COC(=O)c1cccc(Sc2nc(C)c(C)o2)c1N. The van der Waals surface area contributed by atoms with E-state index in [0.717, 1.165) is 11.5 Å². The van der Waals surface area contributed by atoms with Gasteiger partial charge in [-0.25, -0.2) is 9.78 Å². The minimum atomic E-state index is -0.459. The maximum atomic E-state index is 11.5. The Hall–Kier alpha value is -1.95. The van der Waals surface area contributed by atoms with Crippen molar-refractivity contribution in [3.8, 4) is 0 Å². The molecule has 100 valence electrons. The molecular weight excluding hydrogens is 264 g/mol. The standard InChI is InChI=1S/C13H14N2O3S/c1-7-8(2)18-13(15-7)19-10-6-4-5-9(11(10)14)12(16)17-3/h4-6H,14H2,1-3H3. The minimum absolute atomic E-state index is 0.340. The molecule has 0 aliphatic rings. The van der Waals surface area contributed by atoms with Crippen LogP contribution in [0, 0.1) is 13.8 Å². The summed E-state index contributed by atoms with van der Waals surface area (Å²) in [7, 11) is 1.32. The number of anilines is 1. The average Bonchev–Trinajstić information content (AvgIpc) is 2.70. The number of rotatable bonds is 3. The number of hydrogen-bond donors (Lipinski definition) is 1. The number of nitrogens with two attached hydrogens (primary N) is 1. The molecule has 0 saturated heterocycles. The topological polar surface area (TPSA) is 78.3 Å². The van der Waals surface area contributed by atoms with E-state index in [0.29, 0.717) is 21.4 Å². The lowest BCUT2D eigenvalue weighted by molar-refractivity contribution is 0.0601. The summed E-state index contributed by atoms with van der Waals surface area (Å²) in [5.41, 5.74) is 7.51. The van der Waals surface area contributed by atoms with Crippen LogP contribution in [0.1, 0.15) is 21.8 Å². The van der Waals surface area contributed by atoms with Gasteiger partial charge in [-0.05, 0) is 37.7 Å². The van der Waals surface area contributed by atoms with Crippen LogP contribution in [0.5, 0.6) is 0 Å². The molecule has 0 aliphatic heterocycles. The highest BCUT2D eigenvalue weighted by Crippen LogP contribution is 2.34. The predicted molar refractivity (Wildman–Crippen MR) is 72.3 cm³/mol. The van der Waals surface area contributed by atoms with E-state index < -0.39 is 5.97 Å². The maximum Gasteiger partial charge on any atom is 0.339 e. The van der Waals surface area contributed by atoms with Gasteiger partial charge in [0.1, 0.15) is 5.76 Å². The fourth-order valence-corrected chi connectivity index (χ4v) is 2.41. The summed E-state index contributed by atoms with van der Waals surface area (Å²) >= 11 is 1.28. The van der Waals surface area contributed by atoms with Crippen LogP contribution in [0.3, 0.4) is 0 Å². The van der Waals surface area contributed by atoms with Crippen molar-refractivity contribution < 1.29 is 13.9 Å². The Kier molecular flexibility index (Phi) is 3.80. The summed E-state index contributed by atoms with van der Waals surface area (Å²) in [5.74, 6) is 0.310. The Morgan fingerprint density at radius 1 is 1.42 bits per heavy atom. The van der Waals surface area contributed by atoms with E-state index in [2.05, 4.69) is 9.72 Å². The quantitative estimate of drug-likeness (QED) is 0.687. The van der Waals surface area contributed by atoms with Gasteiger partial charge in [-0.3, -0.25) is 0 Å². The third-order valence-electron chi connectivity index (χ3n) is 2.68. The van der Waals surface area contributed by atoms with Crippen LogP contribution < -0.4 is 5.73 Å². The van der Waals surface area contributed by atoms with Gasteiger partial charge in [0.25, 0.3) is 5.22 Å². The number of para-hydroxylation sites is 1. The third-order valence-corrected chi connectivity index (χ3v) is 3.60. The second-order valence-electron chi connectivity index (χ2n) is 3.93. The van der Waals surface area contributed by atoms with Crippen molar-refractivity contribution >= 4 is 23.4 Å². The molecule has 1 heterocycles. The first-order chi connectivity index (χ1) is 9.02. The van der Waals surface area contributed by atoms with Crippen LogP contribution in [0.2, 0.25) is 0 Å². The second-order valence-corrected chi connectivity index (χ2v) is 4.93. The van der Waals surface area contributed by atoms with E-state index in [-0.39, 0.29) is 0 Å². The number of aryl methyl sites for hydroxylation is 2. The molecule has 0 fully saturated rings. The van der Waals surface area contributed by atoms with E-state index in [1.807, 2.05) is 13.8 Å². The Morgan fingerprint density at radius 2 is 2.16 bits per heavy atom. The van der Waals surface area contributed by atoms with Crippen molar-refractivity contribution in [2.75, 3.05) is 12.8 Å². The highest BCUT2D eigenvalue weighted by atomic mass is 32.2. The second kappa shape index (κ2) is 5.36. The first-order valence-corrected chi connectivity index (χ1v) is 6.43. The summed E-state index contributed by atoms with van der Waals surface area (Å²) in [4.78, 5) is 16.5. The number of carbonyl (C=O) groups is 1. The first kappa shape index (κ1) is 13.5. The molecule has 0 radical (unpaired) electrons. The molecule has 1 aromatic carbocycles. The van der Waals surface area contributed by atoms with Crippen molar-refractivity contribution in [3.05, 3.63) is 35.2 Å². The van der Waals surface area contributed by atoms with Gasteiger partial charge < -0.3 is 14.9 Å². The monoisotopic (exact) mass is 278 g/mol. The van der Waals surface area contributed by atoms with Crippen molar-refractivity contribution in [2.45, 2.75) is 24.0 Å². The summed E-state index contributed by atoms with van der Waals surface area (Å²) in [6.07, 6.45) is 0. The highest BCUT2D eigenvalue weighted by Gasteiger charge is 2.15. The molecule has 0 spiro atoms. The predicted octanol–water partition coefficient (Wildman–Crippen LogP) is 2.81. The zero-order valence-electron chi connectivity index (χ0n) is 10.9. The Morgan fingerprint density at radius 3 is 2.74 bits per heavy atom. The number of carbonyl (C=O) groups excluding carboxylic acids is 1. The number of nitrogen functional groups attached to an aromatic ring is 1. The van der Waals surface area contributed by atoms with Gasteiger partial charge in [-0.2, -0.15) is 0 Å².